The molecule has 17 heavy (non-hydrogen) atoms. The summed E-state index contributed by atoms with van der Waals surface area (Å²) in [7, 11) is 1.29. The molecule has 0 aliphatic heterocycles. The zero-order chi connectivity index (χ0) is 13.2. The van der Waals surface area contributed by atoms with Gasteiger partial charge in [0.05, 0.1) is 9.92 Å². The number of hydrogen-bond acceptors (Lipinski definition) is 4. The number of nitrogens with two attached hydrogens (primary N) is 1. The van der Waals surface area contributed by atoms with Crippen LogP contribution in [0.3, 0.4) is 0 Å². The molecule has 0 heterocycles. The summed E-state index contributed by atoms with van der Waals surface area (Å²) in [6.07, 6.45) is -0.869. The Kier molecular flexibility index (Phi) is 4.24. The molecule has 0 aliphatic carbocycles. The van der Waals surface area contributed by atoms with Crippen molar-refractivity contribution in [1.82, 2.24) is 0 Å². The number of amides is 1. The van der Waals surface area contributed by atoms with Crippen molar-refractivity contribution >= 4 is 37.2 Å². The zero-order valence-electron chi connectivity index (χ0n) is 8.68. The molecule has 1 aromatic rings. The maximum atomic E-state index is 11.0. The number of rotatable bonds is 4. The largest absolute Gasteiger partial charge is 0.479 e. The predicted molar refractivity (Wildman–Crippen MR) is 63.8 cm³/mol. The van der Waals surface area contributed by atoms with E-state index < -0.39 is 21.1 Å². The van der Waals surface area contributed by atoms with Crippen molar-refractivity contribution in [2.45, 2.75) is 17.9 Å². The summed E-state index contributed by atoms with van der Waals surface area (Å²) in [5.74, 6) is -0.503. The maximum Gasteiger partial charge on any atom is 0.261 e. The van der Waals surface area contributed by atoms with Crippen molar-refractivity contribution < 1.29 is 17.9 Å². The average Bonchev–Trinajstić information content (AvgIpc) is 2.19. The Morgan fingerprint density at radius 1 is 1.47 bits per heavy atom. The molecule has 1 rings (SSSR count). The number of halogens is 2. The van der Waals surface area contributed by atoms with Crippen molar-refractivity contribution in [2.75, 3.05) is 0 Å². The van der Waals surface area contributed by atoms with E-state index in [1.54, 1.807) is 0 Å². The van der Waals surface area contributed by atoms with Gasteiger partial charge in [-0.2, -0.15) is 0 Å². The monoisotopic (exact) mass is 297 g/mol. The Balaban J connectivity index is 3.03. The molecule has 0 spiro atoms. The van der Waals surface area contributed by atoms with Crippen LogP contribution >= 0.6 is 22.3 Å². The molecule has 0 bridgehead atoms. The van der Waals surface area contributed by atoms with Crippen LogP contribution < -0.4 is 10.5 Å². The minimum Gasteiger partial charge on any atom is -0.479 e. The topological polar surface area (TPSA) is 86.5 Å². The van der Waals surface area contributed by atoms with Gasteiger partial charge in [0.15, 0.2) is 6.10 Å². The second kappa shape index (κ2) is 5.12. The molecule has 5 nitrogen and oxygen atoms in total. The fourth-order valence-corrected chi connectivity index (χ4v) is 2.04. The summed E-state index contributed by atoms with van der Waals surface area (Å²) >= 11 is 5.78. The molecule has 2 N–H and O–H groups in total. The quantitative estimate of drug-likeness (QED) is 0.854. The lowest BCUT2D eigenvalue weighted by Crippen LogP contribution is -2.30. The molecule has 1 amide bonds. The van der Waals surface area contributed by atoms with E-state index in [9.17, 15) is 13.2 Å². The minimum absolute atomic E-state index is 0.0276. The average molecular weight is 298 g/mol. The Hall–Kier alpha value is -0.980. The van der Waals surface area contributed by atoms with Gasteiger partial charge in [-0.25, -0.2) is 8.42 Å². The molecule has 0 saturated heterocycles. The fraction of sp³-hybridized carbons (Fsp3) is 0.222. The van der Waals surface area contributed by atoms with E-state index in [1.807, 2.05) is 0 Å². The van der Waals surface area contributed by atoms with Gasteiger partial charge < -0.3 is 10.5 Å². The van der Waals surface area contributed by atoms with Crippen LogP contribution in [0.5, 0.6) is 5.75 Å². The van der Waals surface area contributed by atoms with Crippen molar-refractivity contribution in [3.05, 3.63) is 23.2 Å². The van der Waals surface area contributed by atoms with Gasteiger partial charge in [-0.1, -0.05) is 11.6 Å². The standard InChI is InChI=1S/C9H9Cl2NO4S/c1-5(9(12)13)16-8-3-2-6(4-7(8)10)17(11,14)15/h2-5H,1H3,(H2,12,13). The van der Waals surface area contributed by atoms with Crippen LogP contribution in [0.1, 0.15) is 6.92 Å². The van der Waals surface area contributed by atoms with Crippen LogP contribution in [0.4, 0.5) is 0 Å². The summed E-state index contributed by atoms with van der Waals surface area (Å²) in [6.45, 7) is 1.45. The molecule has 0 aromatic heterocycles. The van der Waals surface area contributed by atoms with E-state index in [0.717, 1.165) is 6.07 Å². The summed E-state index contributed by atoms with van der Waals surface area (Å²) in [4.78, 5) is 10.6. The van der Waals surface area contributed by atoms with Crippen LogP contribution in [-0.2, 0) is 13.8 Å². The van der Waals surface area contributed by atoms with E-state index in [0.29, 0.717) is 0 Å². The fourth-order valence-electron chi connectivity index (χ4n) is 0.977. The first kappa shape index (κ1) is 14.1. The van der Waals surface area contributed by atoms with Crippen LogP contribution in [-0.4, -0.2) is 20.4 Å². The zero-order valence-corrected chi connectivity index (χ0v) is 11.0. The molecular formula is C9H9Cl2NO4S. The first-order chi connectivity index (χ1) is 7.71. The third-order valence-electron chi connectivity index (χ3n) is 1.89. The first-order valence-corrected chi connectivity index (χ1v) is 7.10. The lowest BCUT2D eigenvalue weighted by molar-refractivity contribution is -0.123. The van der Waals surface area contributed by atoms with Crippen molar-refractivity contribution in [3.63, 3.8) is 0 Å². The number of hydrogen-bond donors (Lipinski definition) is 1. The highest BCUT2D eigenvalue weighted by Gasteiger charge is 2.16. The molecule has 0 saturated carbocycles. The van der Waals surface area contributed by atoms with Gasteiger partial charge in [0, 0.05) is 10.7 Å². The van der Waals surface area contributed by atoms with E-state index in [2.05, 4.69) is 0 Å². The Morgan fingerprint density at radius 3 is 2.47 bits per heavy atom. The third-order valence-corrected chi connectivity index (χ3v) is 3.54. The summed E-state index contributed by atoms with van der Waals surface area (Å²) < 4.78 is 27.2. The van der Waals surface area contributed by atoms with Gasteiger partial charge in [0.25, 0.3) is 15.0 Å². The van der Waals surface area contributed by atoms with Gasteiger partial charge in [0.2, 0.25) is 0 Å². The molecular weight excluding hydrogens is 289 g/mol. The van der Waals surface area contributed by atoms with Gasteiger partial charge >= 0.3 is 0 Å². The number of benzene rings is 1. The first-order valence-electron chi connectivity index (χ1n) is 4.42. The van der Waals surface area contributed by atoms with Crippen molar-refractivity contribution in [2.24, 2.45) is 5.73 Å². The lowest BCUT2D eigenvalue weighted by Gasteiger charge is -2.12. The van der Waals surface area contributed by atoms with E-state index in [1.165, 1.54) is 19.1 Å². The smallest absolute Gasteiger partial charge is 0.261 e. The van der Waals surface area contributed by atoms with Crippen LogP contribution in [0, 0.1) is 0 Å². The highest BCUT2D eigenvalue weighted by molar-refractivity contribution is 8.13. The van der Waals surface area contributed by atoms with Gasteiger partial charge in [-0.3, -0.25) is 4.79 Å². The predicted octanol–water partition coefficient (Wildman–Crippen LogP) is 1.52. The van der Waals surface area contributed by atoms with Crippen molar-refractivity contribution in [3.8, 4) is 5.75 Å². The van der Waals surface area contributed by atoms with Crippen LogP contribution in [0.2, 0.25) is 5.02 Å². The Bertz CT molecular complexity index is 544. The number of ether oxygens (including phenoxy) is 1. The highest BCUT2D eigenvalue weighted by Crippen LogP contribution is 2.29. The number of carbonyl (C=O) groups excluding carboxylic acids is 1. The maximum absolute atomic E-state index is 11.0. The van der Waals surface area contributed by atoms with E-state index >= 15 is 0 Å². The van der Waals surface area contributed by atoms with Gasteiger partial charge in [-0.15, -0.1) is 0 Å². The van der Waals surface area contributed by atoms with Crippen LogP contribution in [0.25, 0.3) is 0 Å². The normalized spacial score (nSPS) is 13.1. The molecule has 0 radical (unpaired) electrons. The second-order valence-electron chi connectivity index (χ2n) is 3.19. The molecule has 1 unspecified atom stereocenters. The van der Waals surface area contributed by atoms with Crippen LogP contribution in [0.15, 0.2) is 23.1 Å². The molecule has 1 atom stereocenters. The Labute approximate surface area is 108 Å². The summed E-state index contributed by atoms with van der Waals surface area (Å²) in [6, 6.07) is 3.65. The SMILES string of the molecule is CC(Oc1ccc(S(=O)(=O)Cl)cc1Cl)C(N)=O. The third kappa shape index (κ3) is 3.76. The van der Waals surface area contributed by atoms with Crippen molar-refractivity contribution in [1.29, 1.82) is 0 Å². The summed E-state index contributed by atoms with van der Waals surface area (Å²) in [5.41, 5.74) is 5.01. The Morgan fingerprint density at radius 2 is 2.06 bits per heavy atom. The molecule has 0 fully saturated rings. The molecule has 1 aromatic carbocycles. The number of primary amides is 1. The molecule has 8 heteroatoms. The lowest BCUT2D eigenvalue weighted by atomic mass is 10.3. The number of carbonyl (C=O) groups is 1. The highest BCUT2D eigenvalue weighted by atomic mass is 35.7. The summed E-state index contributed by atoms with van der Waals surface area (Å²) in [5, 5.41) is 0.0276. The van der Waals surface area contributed by atoms with E-state index in [4.69, 9.17) is 32.8 Å². The molecule has 94 valence electrons. The minimum atomic E-state index is -3.85. The molecule has 0 aliphatic rings. The van der Waals surface area contributed by atoms with E-state index in [-0.39, 0.29) is 15.7 Å². The second-order valence-corrected chi connectivity index (χ2v) is 6.17. The van der Waals surface area contributed by atoms with Gasteiger partial charge in [0.1, 0.15) is 5.75 Å². The van der Waals surface area contributed by atoms with Gasteiger partial charge in [-0.05, 0) is 25.1 Å².